The van der Waals surface area contributed by atoms with E-state index in [0.29, 0.717) is 33.5 Å². The number of carbonyl (C=O) groups excluding carboxylic acids is 1. The highest BCUT2D eigenvalue weighted by molar-refractivity contribution is 5.97. The van der Waals surface area contributed by atoms with Gasteiger partial charge in [-0.25, -0.2) is 9.37 Å². The van der Waals surface area contributed by atoms with Crippen LogP contribution in [0.1, 0.15) is 15.9 Å². The van der Waals surface area contributed by atoms with Gasteiger partial charge in [0.1, 0.15) is 17.9 Å². The number of para-hydroxylation sites is 2. The number of amides is 1. The van der Waals surface area contributed by atoms with Crippen LogP contribution in [0.25, 0.3) is 16.6 Å². The third-order valence-electron chi connectivity index (χ3n) is 4.76. The second kappa shape index (κ2) is 8.16. The van der Waals surface area contributed by atoms with E-state index in [-0.39, 0.29) is 23.8 Å². The molecule has 4 rings (SSSR count). The number of halogens is 1. The highest BCUT2D eigenvalue weighted by Gasteiger charge is 2.13. The lowest BCUT2D eigenvalue weighted by Crippen LogP contribution is -2.24. The summed E-state index contributed by atoms with van der Waals surface area (Å²) in [7, 11) is 1.53. The van der Waals surface area contributed by atoms with Crippen molar-refractivity contribution in [2.75, 3.05) is 7.11 Å². The van der Waals surface area contributed by atoms with Gasteiger partial charge in [-0.1, -0.05) is 30.3 Å². The first-order chi connectivity index (χ1) is 14.6. The zero-order valence-electron chi connectivity index (χ0n) is 16.1. The lowest BCUT2D eigenvalue weighted by atomic mass is 10.1. The molecule has 0 aliphatic heterocycles. The number of nitrogens with zero attached hydrogens (tertiary/aromatic N) is 2. The van der Waals surface area contributed by atoms with Crippen molar-refractivity contribution in [1.29, 1.82) is 0 Å². The van der Waals surface area contributed by atoms with Crippen molar-refractivity contribution < 1.29 is 13.9 Å². The van der Waals surface area contributed by atoms with Crippen molar-refractivity contribution in [1.82, 2.24) is 14.9 Å². The second-order valence-corrected chi connectivity index (χ2v) is 6.60. The minimum Gasteiger partial charge on any atom is -0.495 e. The van der Waals surface area contributed by atoms with E-state index < -0.39 is 0 Å². The van der Waals surface area contributed by atoms with Crippen LogP contribution in [0.3, 0.4) is 0 Å². The van der Waals surface area contributed by atoms with Gasteiger partial charge in [-0.2, -0.15) is 0 Å². The number of benzene rings is 3. The molecule has 0 atom stereocenters. The number of methoxy groups -OCH3 is 1. The molecule has 150 valence electrons. The molecule has 0 unspecified atom stereocenters. The van der Waals surface area contributed by atoms with E-state index in [0.717, 1.165) is 0 Å². The van der Waals surface area contributed by atoms with Crippen LogP contribution in [0.5, 0.6) is 5.75 Å². The van der Waals surface area contributed by atoms with Crippen LogP contribution < -0.4 is 15.6 Å². The standard InChI is InChI=1S/C23H18FN3O3/c1-30-21-9-5-4-8-20(21)27-14-26-19-12-15(10-11-17(19)23(27)29)22(28)25-13-16-6-2-3-7-18(16)24/h2-12,14H,13H2,1H3,(H,25,28). The zero-order chi connectivity index (χ0) is 21.1. The minimum absolute atomic E-state index is 0.0619. The molecule has 7 heteroatoms. The molecule has 1 aromatic heterocycles. The molecule has 6 nitrogen and oxygen atoms in total. The summed E-state index contributed by atoms with van der Waals surface area (Å²) in [4.78, 5) is 29.8. The van der Waals surface area contributed by atoms with Gasteiger partial charge in [0.2, 0.25) is 0 Å². The number of nitrogens with one attached hydrogen (secondary N) is 1. The smallest absolute Gasteiger partial charge is 0.265 e. The topological polar surface area (TPSA) is 73.2 Å². The summed E-state index contributed by atoms with van der Waals surface area (Å²) >= 11 is 0. The minimum atomic E-state index is -0.380. The number of aromatic nitrogens is 2. The van der Waals surface area contributed by atoms with Crippen molar-refractivity contribution in [2.45, 2.75) is 6.54 Å². The first-order valence-electron chi connectivity index (χ1n) is 9.25. The summed E-state index contributed by atoms with van der Waals surface area (Å²) in [5.74, 6) is -0.212. The van der Waals surface area contributed by atoms with Crippen LogP contribution in [-0.4, -0.2) is 22.6 Å². The molecular weight excluding hydrogens is 385 g/mol. The van der Waals surface area contributed by atoms with E-state index in [1.54, 1.807) is 54.6 Å². The summed E-state index contributed by atoms with van der Waals surface area (Å²) in [6, 6.07) is 18.0. The van der Waals surface area contributed by atoms with Crippen molar-refractivity contribution in [3.8, 4) is 11.4 Å². The first-order valence-corrected chi connectivity index (χ1v) is 9.25. The number of hydrogen-bond donors (Lipinski definition) is 1. The second-order valence-electron chi connectivity index (χ2n) is 6.60. The van der Waals surface area contributed by atoms with E-state index in [4.69, 9.17) is 4.74 Å². The number of rotatable bonds is 5. The van der Waals surface area contributed by atoms with Gasteiger partial charge < -0.3 is 10.1 Å². The van der Waals surface area contributed by atoms with Crippen molar-refractivity contribution >= 4 is 16.8 Å². The molecule has 0 bridgehead atoms. The molecule has 0 saturated heterocycles. The van der Waals surface area contributed by atoms with Crippen molar-refractivity contribution in [3.63, 3.8) is 0 Å². The Labute approximate surface area is 171 Å². The van der Waals surface area contributed by atoms with Gasteiger partial charge in [0.05, 0.1) is 23.7 Å². The average Bonchev–Trinajstić information content (AvgIpc) is 2.78. The van der Waals surface area contributed by atoms with Gasteiger partial charge >= 0.3 is 0 Å². The molecule has 0 aliphatic carbocycles. The zero-order valence-corrected chi connectivity index (χ0v) is 16.1. The monoisotopic (exact) mass is 403 g/mol. The van der Waals surface area contributed by atoms with E-state index in [1.807, 2.05) is 6.07 Å². The van der Waals surface area contributed by atoms with Crippen LogP contribution >= 0.6 is 0 Å². The van der Waals surface area contributed by atoms with E-state index in [9.17, 15) is 14.0 Å². The quantitative estimate of drug-likeness (QED) is 0.554. The van der Waals surface area contributed by atoms with Crippen LogP contribution in [0, 0.1) is 5.82 Å². The van der Waals surface area contributed by atoms with Gasteiger partial charge in [0.15, 0.2) is 0 Å². The fraction of sp³-hybridized carbons (Fsp3) is 0.0870. The Morgan fingerprint density at radius 2 is 1.87 bits per heavy atom. The normalized spacial score (nSPS) is 10.7. The highest BCUT2D eigenvalue weighted by atomic mass is 19.1. The Balaban J connectivity index is 1.63. The van der Waals surface area contributed by atoms with E-state index >= 15 is 0 Å². The van der Waals surface area contributed by atoms with Crippen LogP contribution in [0.15, 0.2) is 77.9 Å². The van der Waals surface area contributed by atoms with Gasteiger partial charge in [-0.3, -0.25) is 14.2 Å². The molecule has 3 aromatic carbocycles. The molecule has 0 saturated carbocycles. The summed E-state index contributed by atoms with van der Waals surface area (Å²) < 4.78 is 20.4. The third kappa shape index (κ3) is 3.65. The van der Waals surface area contributed by atoms with Crippen LogP contribution in [0.2, 0.25) is 0 Å². The summed E-state index contributed by atoms with van der Waals surface area (Å²) in [5.41, 5.74) is 1.42. The number of hydrogen-bond acceptors (Lipinski definition) is 4. The maximum atomic E-state index is 13.7. The predicted molar refractivity (Wildman–Crippen MR) is 111 cm³/mol. The molecule has 1 amide bonds. The maximum absolute atomic E-state index is 13.7. The van der Waals surface area contributed by atoms with Gasteiger partial charge in [0, 0.05) is 17.7 Å². The molecule has 1 N–H and O–H groups in total. The SMILES string of the molecule is COc1ccccc1-n1cnc2cc(C(=O)NCc3ccccc3F)ccc2c1=O. The van der Waals surface area contributed by atoms with Gasteiger partial charge in [-0.15, -0.1) is 0 Å². The van der Waals surface area contributed by atoms with E-state index in [1.165, 1.54) is 24.1 Å². The Morgan fingerprint density at radius 1 is 1.10 bits per heavy atom. The fourth-order valence-corrected chi connectivity index (χ4v) is 3.18. The Kier molecular flexibility index (Phi) is 5.26. The van der Waals surface area contributed by atoms with Crippen molar-refractivity contribution in [3.05, 3.63) is 100 Å². The number of fused-ring (bicyclic) bond motifs is 1. The molecular formula is C23H18FN3O3. The Morgan fingerprint density at radius 3 is 2.67 bits per heavy atom. The van der Waals surface area contributed by atoms with Gasteiger partial charge in [0.25, 0.3) is 11.5 Å². The van der Waals surface area contributed by atoms with Crippen LogP contribution in [0.4, 0.5) is 4.39 Å². The molecule has 0 spiro atoms. The van der Waals surface area contributed by atoms with Crippen molar-refractivity contribution in [2.24, 2.45) is 0 Å². The Hall–Kier alpha value is -4.00. The largest absolute Gasteiger partial charge is 0.495 e. The number of carbonyl (C=O) groups is 1. The van der Waals surface area contributed by atoms with Crippen LogP contribution in [-0.2, 0) is 6.54 Å². The Bertz CT molecular complexity index is 1300. The molecule has 4 aromatic rings. The molecule has 0 radical (unpaired) electrons. The molecule has 30 heavy (non-hydrogen) atoms. The summed E-state index contributed by atoms with van der Waals surface area (Å²) in [6.45, 7) is 0.0619. The lowest BCUT2D eigenvalue weighted by Gasteiger charge is -2.11. The molecule has 1 heterocycles. The summed E-state index contributed by atoms with van der Waals surface area (Å²) in [5, 5.41) is 3.05. The first kappa shape index (κ1) is 19.3. The lowest BCUT2D eigenvalue weighted by molar-refractivity contribution is 0.0950. The van der Waals surface area contributed by atoms with Gasteiger partial charge in [-0.05, 0) is 36.4 Å². The molecule has 0 fully saturated rings. The summed E-state index contributed by atoms with van der Waals surface area (Å²) in [6.07, 6.45) is 1.41. The highest BCUT2D eigenvalue weighted by Crippen LogP contribution is 2.21. The predicted octanol–water partition coefficient (Wildman–Crippen LogP) is 3.46. The average molecular weight is 403 g/mol. The fourth-order valence-electron chi connectivity index (χ4n) is 3.18. The molecule has 0 aliphatic rings. The number of ether oxygens (including phenoxy) is 1. The van der Waals surface area contributed by atoms with E-state index in [2.05, 4.69) is 10.3 Å². The maximum Gasteiger partial charge on any atom is 0.265 e. The third-order valence-corrected chi connectivity index (χ3v) is 4.76.